The minimum atomic E-state index is -0.189. The van der Waals surface area contributed by atoms with Crippen LogP contribution in [0.15, 0.2) is 18.2 Å². The quantitative estimate of drug-likeness (QED) is 0.836. The monoisotopic (exact) mass is 223 g/mol. The van der Waals surface area contributed by atoms with Gasteiger partial charge in [0.05, 0.1) is 7.11 Å². The molecule has 0 spiro atoms. The number of methoxy groups -OCH3 is 1. The highest BCUT2D eigenvalue weighted by Crippen LogP contribution is 2.37. The van der Waals surface area contributed by atoms with Crippen molar-refractivity contribution in [3.05, 3.63) is 29.6 Å². The Morgan fingerprint density at radius 2 is 1.94 bits per heavy atom. The van der Waals surface area contributed by atoms with Crippen LogP contribution in [0.5, 0.6) is 5.75 Å². The summed E-state index contributed by atoms with van der Waals surface area (Å²) in [6.07, 6.45) is 4.09. The van der Waals surface area contributed by atoms with E-state index in [1.165, 1.54) is 6.07 Å². The number of hydrogen-bond acceptors (Lipinski definition) is 2. The third-order valence-corrected chi connectivity index (χ3v) is 3.40. The van der Waals surface area contributed by atoms with Gasteiger partial charge in [0.15, 0.2) is 0 Å². The average Bonchev–Trinajstić information content (AvgIpc) is 2.30. The molecule has 3 heteroatoms. The Hall–Kier alpha value is -1.09. The van der Waals surface area contributed by atoms with Crippen LogP contribution in [0.3, 0.4) is 0 Å². The van der Waals surface area contributed by atoms with Crippen LogP contribution in [0.1, 0.15) is 37.2 Å². The topological polar surface area (TPSA) is 35.2 Å². The summed E-state index contributed by atoms with van der Waals surface area (Å²) in [5.41, 5.74) is 6.86. The highest BCUT2D eigenvalue weighted by Gasteiger charge is 2.22. The van der Waals surface area contributed by atoms with Gasteiger partial charge in [-0.25, -0.2) is 4.39 Å². The molecule has 0 aromatic heterocycles. The average molecular weight is 223 g/mol. The lowest BCUT2D eigenvalue weighted by Gasteiger charge is -2.27. The van der Waals surface area contributed by atoms with E-state index >= 15 is 0 Å². The molecule has 0 amide bonds. The molecule has 0 saturated heterocycles. The predicted molar refractivity (Wildman–Crippen MR) is 62.1 cm³/mol. The van der Waals surface area contributed by atoms with Gasteiger partial charge in [0, 0.05) is 11.6 Å². The summed E-state index contributed by atoms with van der Waals surface area (Å²) in [4.78, 5) is 0. The van der Waals surface area contributed by atoms with Crippen molar-refractivity contribution in [2.75, 3.05) is 7.11 Å². The van der Waals surface area contributed by atoms with Gasteiger partial charge in [-0.3, -0.25) is 0 Å². The number of halogens is 1. The lowest BCUT2D eigenvalue weighted by atomic mass is 9.81. The van der Waals surface area contributed by atoms with Crippen LogP contribution in [0, 0.1) is 5.82 Å². The summed E-state index contributed by atoms with van der Waals surface area (Å²) >= 11 is 0. The number of benzene rings is 1. The van der Waals surface area contributed by atoms with E-state index in [0.717, 1.165) is 37.0 Å². The zero-order chi connectivity index (χ0) is 11.5. The number of hydrogen-bond donors (Lipinski definition) is 1. The SMILES string of the molecule is COc1ccc(F)cc1C1CCC(N)CC1. The highest BCUT2D eigenvalue weighted by molar-refractivity contribution is 5.37. The molecular formula is C13H18FNO. The zero-order valence-corrected chi connectivity index (χ0v) is 9.58. The lowest BCUT2D eigenvalue weighted by molar-refractivity contribution is 0.368. The molecule has 0 unspecified atom stereocenters. The van der Waals surface area contributed by atoms with Crippen molar-refractivity contribution in [2.45, 2.75) is 37.6 Å². The second-order valence-electron chi connectivity index (χ2n) is 4.50. The molecule has 0 radical (unpaired) electrons. The largest absolute Gasteiger partial charge is 0.496 e. The van der Waals surface area contributed by atoms with Gasteiger partial charge in [0.25, 0.3) is 0 Å². The van der Waals surface area contributed by atoms with Gasteiger partial charge in [-0.15, -0.1) is 0 Å². The lowest BCUT2D eigenvalue weighted by Crippen LogP contribution is -2.25. The number of rotatable bonds is 2. The molecule has 2 nitrogen and oxygen atoms in total. The number of nitrogens with two attached hydrogens (primary N) is 1. The molecule has 1 aliphatic carbocycles. The summed E-state index contributed by atoms with van der Waals surface area (Å²) in [5.74, 6) is 0.998. The van der Waals surface area contributed by atoms with Crippen LogP contribution < -0.4 is 10.5 Å². The Bertz CT molecular complexity index is 359. The fourth-order valence-electron chi connectivity index (χ4n) is 2.45. The molecular weight excluding hydrogens is 205 g/mol. The van der Waals surface area contributed by atoms with Gasteiger partial charge in [0.2, 0.25) is 0 Å². The molecule has 1 saturated carbocycles. The van der Waals surface area contributed by atoms with Crippen molar-refractivity contribution >= 4 is 0 Å². The van der Waals surface area contributed by atoms with E-state index in [9.17, 15) is 4.39 Å². The summed E-state index contributed by atoms with van der Waals surface area (Å²) in [6, 6.07) is 5.06. The molecule has 88 valence electrons. The van der Waals surface area contributed by atoms with Crippen molar-refractivity contribution in [2.24, 2.45) is 5.73 Å². The second-order valence-corrected chi connectivity index (χ2v) is 4.50. The molecule has 2 rings (SSSR count). The Kier molecular flexibility index (Phi) is 3.44. The fraction of sp³-hybridized carbons (Fsp3) is 0.538. The normalized spacial score (nSPS) is 25.4. The van der Waals surface area contributed by atoms with E-state index in [1.807, 2.05) is 0 Å². The van der Waals surface area contributed by atoms with Gasteiger partial charge in [-0.1, -0.05) is 0 Å². The first-order valence-electron chi connectivity index (χ1n) is 5.79. The first kappa shape index (κ1) is 11.4. The molecule has 0 heterocycles. The standard InChI is InChI=1S/C13H18FNO/c1-16-13-7-4-10(14)8-12(13)9-2-5-11(15)6-3-9/h4,7-9,11H,2-3,5-6,15H2,1H3. The molecule has 0 bridgehead atoms. The van der Waals surface area contributed by atoms with Crippen molar-refractivity contribution in [3.63, 3.8) is 0 Å². The van der Waals surface area contributed by atoms with Crippen molar-refractivity contribution in [3.8, 4) is 5.75 Å². The van der Waals surface area contributed by atoms with Crippen LogP contribution in [0.2, 0.25) is 0 Å². The van der Waals surface area contributed by atoms with Crippen LogP contribution >= 0.6 is 0 Å². The van der Waals surface area contributed by atoms with Crippen LogP contribution in [0.4, 0.5) is 4.39 Å². The first-order valence-corrected chi connectivity index (χ1v) is 5.79. The van der Waals surface area contributed by atoms with Gasteiger partial charge in [-0.05, 0) is 49.8 Å². The Morgan fingerprint density at radius 3 is 2.56 bits per heavy atom. The van der Waals surface area contributed by atoms with Crippen molar-refractivity contribution in [1.82, 2.24) is 0 Å². The van der Waals surface area contributed by atoms with Crippen LogP contribution in [-0.4, -0.2) is 13.2 Å². The van der Waals surface area contributed by atoms with Gasteiger partial charge in [-0.2, -0.15) is 0 Å². The summed E-state index contributed by atoms with van der Waals surface area (Å²) < 4.78 is 18.5. The molecule has 1 fully saturated rings. The predicted octanol–water partition coefficient (Wildman–Crippen LogP) is 2.82. The Labute approximate surface area is 95.6 Å². The van der Waals surface area contributed by atoms with E-state index in [1.54, 1.807) is 19.2 Å². The zero-order valence-electron chi connectivity index (χ0n) is 9.58. The van der Waals surface area contributed by atoms with E-state index in [0.29, 0.717) is 12.0 Å². The Balaban J connectivity index is 2.21. The highest BCUT2D eigenvalue weighted by atomic mass is 19.1. The molecule has 2 N–H and O–H groups in total. The third-order valence-electron chi connectivity index (χ3n) is 3.40. The maximum absolute atomic E-state index is 13.2. The molecule has 1 aromatic carbocycles. The summed E-state index contributed by atoms with van der Waals surface area (Å²) in [6.45, 7) is 0. The van der Waals surface area contributed by atoms with Gasteiger partial charge >= 0.3 is 0 Å². The van der Waals surface area contributed by atoms with E-state index < -0.39 is 0 Å². The van der Waals surface area contributed by atoms with E-state index in [4.69, 9.17) is 10.5 Å². The molecule has 1 aliphatic rings. The minimum absolute atomic E-state index is 0.189. The van der Waals surface area contributed by atoms with Gasteiger partial charge in [0.1, 0.15) is 11.6 Å². The maximum atomic E-state index is 13.2. The van der Waals surface area contributed by atoms with Crippen molar-refractivity contribution in [1.29, 1.82) is 0 Å². The Morgan fingerprint density at radius 1 is 1.25 bits per heavy atom. The fourth-order valence-corrected chi connectivity index (χ4v) is 2.45. The van der Waals surface area contributed by atoms with E-state index in [2.05, 4.69) is 0 Å². The second kappa shape index (κ2) is 4.83. The number of ether oxygens (including phenoxy) is 1. The molecule has 16 heavy (non-hydrogen) atoms. The molecule has 1 aromatic rings. The molecule has 0 atom stereocenters. The van der Waals surface area contributed by atoms with Crippen LogP contribution in [-0.2, 0) is 0 Å². The van der Waals surface area contributed by atoms with Gasteiger partial charge < -0.3 is 10.5 Å². The van der Waals surface area contributed by atoms with E-state index in [-0.39, 0.29) is 5.82 Å². The third kappa shape index (κ3) is 2.35. The smallest absolute Gasteiger partial charge is 0.123 e. The van der Waals surface area contributed by atoms with Crippen molar-refractivity contribution < 1.29 is 9.13 Å². The van der Waals surface area contributed by atoms with Crippen LogP contribution in [0.25, 0.3) is 0 Å². The summed E-state index contributed by atoms with van der Waals surface area (Å²) in [7, 11) is 1.63. The first-order chi connectivity index (χ1) is 7.70. The summed E-state index contributed by atoms with van der Waals surface area (Å²) in [5, 5.41) is 0. The molecule has 0 aliphatic heterocycles. The minimum Gasteiger partial charge on any atom is -0.496 e. The maximum Gasteiger partial charge on any atom is 0.123 e.